The molecule has 1 N–H and O–H groups in total. The van der Waals surface area contributed by atoms with Gasteiger partial charge in [0.05, 0.1) is 31.1 Å². The predicted molar refractivity (Wildman–Crippen MR) is 152 cm³/mol. The number of methoxy groups -OCH3 is 1. The van der Waals surface area contributed by atoms with Crippen molar-refractivity contribution in [1.29, 1.82) is 0 Å². The van der Waals surface area contributed by atoms with E-state index in [0.717, 1.165) is 42.2 Å². The number of carbonyl (C=O) groups is 2. The summed E-state index contributed by atoms with van der Waals surface area (Å²) in [7, 11) is 2.83. The maximum Gasteiger partial charge on any atom is 0.243 e. The van der Waals surface area contributed by atoms with Crippen molar-refractivity contribution in [1.82, 2.24) is 19.4 Å². The number of likely N-dealkylation sites (N-methyl/N-ethyl adjacent to an activating group) is 3. The Kier molecular flexibility index (Phi) is 10.1. The lowest BCUT2D eigenvalue weighted by Gasteiger charge is -2.29. The average molecular weight is 559 g/mol. The smallest absolute Gasteiger partial charge is 0.243 e. The molecule has 1 aliphatic heterocycles. The molecule has 2 amide bonds. The first-order chi connectivity index (χ1) is 18.4. The summed E-state index contributed by atoms with van der Waals surface area (Å²) in [5.74, 6) is -0.220. The number of fused-ring (bicyclic) bond motifs is 1. The van der Waals surface area contributed by atoms with Crippen molar-refractivity contribution in [2.75, 3.05) is 54.4 Å². The number of carbonyl (C=O) groups excluding carboxylic acids is 2. The molecule has 1 unspecified atom stereocenters. The van der Waals surface area contributed by atoms with Crippen molar-refractivity contribution in [2.24, 2.45) is 0 Å². The van der Waals surface area contributed by atoms with Crippen LogP contribution in [0.4, 0.5) is 0 Å². The van der Waals surface area contributed by atoms with E-state index in [1.54, 1.807) is 37.9 Å². The Bertz CT molecular complexity index is 1290. The molecule has 1 aliphatic rings. The van der Waals surface area contributed by atoms with Crippen LogP contribution in [0.1, 0.15) is 47.2 Å². The number of hydrogen-bond acceptors (Lipinski definition) is 6. The largest absolute Gasteiger partial charge is 0.497 e. The first-order valence-corrected chi connectivity index (χ1v) is 14.8. The van der Waals surface area contributed by atoms with Gasteiger partial charge in [-0.05, 0) is 80.1 Å². The normalized spacial score (nSPS) is 14.9. The van der Waals surface area contributed by atoms with E-state index in [2.05, 4.69) is 35.5 Å². The van der Waals surface area contributed by atoms with Gasteiger partial charge in [-0.3, -0.25) is 9.59 Å². The summed E-state index contributed by atoms with van der Waals surface area (Å²) in [4.78, 5) is 29.8. The minimum absolute atomic E-state index is 0.121. The van der Waals surface area contributed by atoms with Crippen LogP contribution >= 0.6 is 0 Å². The van der Waals surface area contributed by atoms with Crippen molar-refractivity contribution in [3.8, 4) is 5.75 Å². The fourth-order valence-electron chi connectivity index (χ4n) is 5.20. The average Bonchev–Trinajstić information content (AvgIpc) is 3.07. The molecule has 0 radical (unpaired) electrons. The molecule has 39 heavy (non-hydrogen) atoms. The number of amides is 2. The van der Waals surface area contributed by atoms with E-state index in [4.69, 9.17) is 4.74 Å². The van der Waals surface area contributed by atoms with E-state index in [1.807, 2.05) is 6.92 Å². The lowest BCUT2D eigenvalue weighted by atomic mass is 9.95. The molecular formula is C29H42N4O5S. The maximum absolute atomic E-state index is 13.2. The number of benzene rings is 2. The molecule has 2 aromatic carbocycles. The van der Waals surface area contributed by atoms with Gasteiger partial charge in [-0.15, -0.1) is 0 Å². The predicted octanol–water partition coefficient (Wildman–Crippen LogP) is 2.69. The highest BCUT2D eigenvalue weighted by atomic mass is 32.2. The fourth-order valence-corrected chi connectivity index (χ4v) is 6.73. The Morgan fingerprint density at radius 2 is 1.67 bits per heavy atom. The molecule has 0 bridgehead atoms. The summed E-state index contributed by atoms with van der Waals surface area (Å²) in [6, 6.07) is 9.67. The molecule has 0 saturated carbocycles. The van der Waals surface area contributed by atoms with Crippen LogP contribution in [0.2, 0.25) is 0 Å². The van der Waals surface area contributed by atoms with Gasteiger partial charge in [0.25, 0.3) is 0 Å². The second-order valence-electron chi connectivity index (χ2n) is 10.4. The Morgan fingerprint density at radius 1 is 1.05 bits per heavy atom. The third-order valence-electron chi connectivity index (χ3n) is 7.53. The number of sulfonamides is 1. The molecule has 9 nitrogen and oxygen atoms in total. The summed E-state index contributed by atoms with van der Waals surface area (Å²) in [5, 5.41) is 2.60. The van der Waals surface area contributed by atoms with Gasteiger partial charge in [-0.25, -0.2) is 8.42 Å². The van der Waals surface area contributed by atoms with Crippen LogP contribution in [0.15, 0.2) is 35.2 Å². The Morgan fingerprint density at radius 3 is 2.26 bits per heavy atom. The summed E-state index contributed by atoms with van der Waals surface area (Å²) in [6.07, 6.45) is 2.73. The van der Waals surface area contributed by atoms with Gasteiger partial charge < -0.3 is 19.9 Å². The molecule has 1 atom stereocenters. The molecule has 0 aliphatic carbocycles. The molecular weight excluding hydrogens is 516 g/mol. The van der Waals surface area contributed by atoms with Gasteiger partial charge in [-0.2, -0.15) is 4.31 Å². The number of rotatable bonds is 10. The van der Waals surface area contributed by atoms with Crippen LogP contribution in [0.25, 0.3) is 0 Å². The first kappa shape index (κ1) is 30.6. The van der Waals surface area contributed by atoms with Crippen LogP contribution < -0.4 is 10.1 Å². The second-order valence-corrected chi connectivity index (χ2v) is 12.4. The van der Waals surface area contributed by atoms with Gasteiger partial charge in [-0.1, -0.05) is 25.1 Å². The zero-order valence-electron chi connectivity index (χ0n) is 24.2. The van der Waals surface area contributed by atoms with Crippen LogP contribution in [0.3, 0.4) is 0 Å². The van der Waals surface area contributed by atoms with E-state index < -0.39 is 22.5 Å². The van der Waals surface area contributed by atoms with E-state index in [1.165, 1.54) is 25.3 Å². The molecule has 10 heteroatoms. The van der Waals surface area contributed by atoms with E-state index in [0.29, 0.717) is 16.9 Å². The number of aryl methyl sites for hydroxylation is 2. The SMILES string of the molecule is CCC(c1ccc2c(c1)CCN(C)CC2)N(C)C(=O)CNC(=O)CN(C)S(=O)(=O)c1c(C)cc(OC)cc1C. The lowest BCUT2D eigenvalue weighted by molar-refractivity contribution is -0.133. The number of nitrogens with one attached hydrogen (secondary N) is 1. The topological polar surface area (TPSA) is 99.3 Å². The van der Waals surface area contributed by atoms with Gasteiger partial charge in [0.1, 0.15) is 5.75 Å². The molecule has 0 fully saturated rings. The highest BCUT2D eigenvalue weighted by Gasteiger charge is 2.28. The number of ether oxygens (including phenoxy) is 1. The minimum Gasteiger partial charge on any atom is -0.497 e. The Hall–Kier alpha value is -2.95. The Balaban J connectivity index is 1.62. The molecule has 0 saturated heterocycles. The quantitative estimate of drug-likeness (QED) is 0.482. The zero-order chi connectivity index (χ0) is 28.9. The van der Waals surface area contributed by atoms with Crippen LogP contribution in [-0.2, 0) is 32.5 Å². The molecule has 0 aromatic heterocycles. The van der Waals surface area contributed by atoms with E-state index in [9.17, 15) is 18.0 Å². The fraction of sp³-hybridized carbons (Fsp3) is 0.517. The Labute approximate surface area is 233 Å². The maximum atomic E-state index is 13.2. The molecule has 214 valence electrons. The van der Waals surface area contributed by atoms with Crippen LogP contribution in [0, 0.1) is 13.8 Å². The summed E-state index contributed by atoms with van der Waals surface area (Å²) >= 11 is 0. The molecule has 1 heterocycles. The van der Waals surface area contributed by atoms with Gasteiger partial charge in [0.15, 0.2) is 0 Å². The summed E-state index contributed by atoms with van der Waals surface area (Å²) < 4.78 is 32.6. The lowest BCUT2D eigenvalue weighted by Crippen LogP contribution is -2.44. The zero-order valence-corrected chi connectivity index (χ0v) is 25.0. The van der Waals surface area contributed by atoms with Gasteiger partial charge in [0.2, 0.25) is 21.8 Å². The highest BCUT2D eigenvalue weighted by Crippen LogP contribution is 2.28. The van der Waals surface area contributed by atoms with Crippen molar-refractivity contribution >= 4 is 21.8 Å². The van der Waals surface area contributed by atoms with E-state index >= 15 is 0 Å². The van der Waals surface area contributed by atoms with Crippen molar-refractivity contribution in [3.63, 3.8) is 0 Å². The minimum atomic E-state index is -3.92. The molecule has 2 aromatic rings. The highest BCUT2D eigenvalue weighted by molar-refractivity contribution is 7.89. The monoisotopic (exact) mass is 558 g/mol. The van der Waals surface area contributed by atoms with Crippen molar-refractivity contribution in [3.05, 3.63) is 58.1 Å². The van der Waals surface area contributed by atoms with Crippen molar-refractivity contribution < 1.29 is 22.7 Å². The van der Waals surface area contributed by atoms with E-state index in [-0.39, 0.29) is 23.4 Å². The first-order valence-electron chi connectivity index (χ1n) is 13.3. The number of nitrogens with zero attached hydrogens (tertiary/aromatic N) is 3. The summed E-state index contributed by atoms with van der Waals surface area (Å²) in [5.41, 5.74) is 4.84. The third kappa shape index (κ3) is 7.17. The van der Waals surface area contributed by atoms with Crippen LogP contribution in [-0.4, -0.2) is 88.8 Å². The third-order valence-corrected chi connectivity index (χ3v) is 9.64. The second kappa shape index (κ2) is 12.9. The molecule has 0 spiro atoms. The molecule has 3 rings (SSSR count). The summed E-state index contributed by atoms with van der Waals surface area (Å²) in [6.45, 7) is 6.86. The number of hydrogen-bond donors (Lipinski definition) is 1. The van der Waals surface area contributed by atoms with Crippen LogP contribution in [0.5, 0.6) is 5.75 Å². The van der Waals surface area contributed by atoms with Gasteiger partial charge in [0, 0.05) is 27.2 Å². The van der Waals surface area contributed by atoms with Crippen molar-refractivity contribution in [2.45, 2.75) is 51.0 Å². The standard InChI is InChI=1S/C29H42N4O5S/c1-8-26(24-10-9-22-11-13-31(4)14-12-23(22)17-24)33(6)28(35)18-30-27(34)19-32(5)39(36,37)29-20(2)15-25(38-7)16-21(29)3/h9-10,15-17,26H,8,11-14,18-19H2,1-7H3,(H,30,34). The van der Waals surface area contributed by atoms with Gasteiger partial charge >= 0.3 is 0 Å².